The number of carbonyl (C=O) groups excluding carboxylic acids is 3. The first kappa shape index (κ1) is 74.2. The number of rotatable bonds is 56. The fourth-order valence-electron chi connectivity index (χ4n) is 11.3. The third kappa shape index (κ3) is 36.1. The van der Waals surface area contributed by atoms with E-state index in [1.165, 1.54) is 205 Å². The van der Waals surface area contributed by atoms with E-state index in [1.807, 2.05) is 0 Å². The molecule has 0 aromatic heterocycles. The van der Waals surface area contributed by atoms with Crippen LogP contribution in [-0.4, -0.2) is 118 Å². The maximum Gasteiger partial charge on any atom is 0.305 e. The molecule has 80 heavy (non-hydrogen) atoms. The summed E-state index contributed by atoms with van der Waals surface area (Å²) in [4.78, 5) is 38.8. The maximum absolute atomic E-state index is 13.2. The van der Waals surface area contributed by atoms with Crippen LogP contribution in [0.15, 0.2) is 0 Å². The first-order chi connectivity index (χ1) is 39.0. The van der Waals surface area contributed by atoms with Gasteiger partial charge in [0, 0.05) is 19.3 Å². The summed E-state index contributed by atoms with van der Waals surface area (Å²) in [7, 11) is 0. The van der Waals surface area contributed by atoms with E-state index < -0.39 is 92.5 Å². The van der Waals surface area contributed by atoms with Crippen LogP contribution < -0.4 is 0 Å². The molecule has 0 unspecified atom stereocenters. The fraction of sp³-hybridized carbons (Fsp3) is 0.955. The number of unbranched alkanes of at least 4 members (excludes halogenated alkanes) is 42. The molecule has 0 aliphatic carbocycles. The Morgan fingerprint density at radius 3 is 0.925 bits per heavy atom. The molecule has 9 atom stereocenters. The Morgan fingerprint density at radius 2 is 0.613 bits per heavy atom. The van der Waals surface area contributed by atoms with E-state index >= 15 is 0 Å². The van der Waals surface area contributed by atoms with Crippen LogP contribution in [0.4, 0.5) is 0 Å². The molecule has 2 heterocycles. The summed E-state index contributed by atoms with van der Waals surface area (Å²) in [5.74, 6) is -3.93. The predicted molar refractivity (Wildman–Crippen MR) is 319 cm³/mol. The van der Waals surface area contributed by atoms with Gasteiger partial charge in [-0.2, -0.15) is 0 Å². The molecule has 2 aliphatic heterocycles. The highest BCUT2D eigenvalue weighted by Crippen LogP contribution is 2.37. The first-order valence-electron chi connectivity index (χ1n) is 33.9. The van der Waals surface area contributed by atoms with Crippen LogP contribution in [0.3, 0.4) is 0 Å². The minimum atomic E-state index is -2.35. The van der Waals surface area contributed by atoms with E-state index in [9.17, 15) is 39.9 Å². The van der Waals surface area contributed by atoms with Gasteiger partial charge in [-0.1, -0.05) is 290 Å². The molecule has 14 heteroatoms. The van der Waals surface area contributed by atoms with Crippen molar-refractivity contribution in [3.63, 3.8) is 0 Å². The Labute approximate surface area is 488 Å². The second-order valence-electron chi connectivity index (χ2n) is 24.2. The van der Waals surface area contributed by atoms with Crippen molar-refractivity contribution in [2.24, 2.45) is 0 Å². The van der Waals surface area contributed by atoms with E-state index in [0.29, 0.717) is 19.3 Å². The SMILES string of the molecule is CCCCCCCCCCCCCCCCCC(=O)OC[C@H]1O[C@@](COC(=O)CCCCCCCCCCCCCCCCC)(O[C@H]2O[C@H](COC(=O)CCCCCCCCCCCCCCCCC)[C@@H](O)[C@H](O)[C@H]2O)[C@@H](O)[C@@H]1O. The molecule has 0 saturated carbocycles. The summed E-state index contributed by atoms with van der Waals surface area (Å²) in [6, 6.07) is 0. The van der Waals surface area contributed by atoms with Crippen LogP contribution in [0, 0.1) is 0 Å². The van der Waals surface area contributed by atoms with Crippen molar-refractivity contribution in [1.82, 2.24) is 0 Å². The summed E-state index contributed by atoms with van der Waals surface area (Å²) in [6.07, 6.45) is 40.8. The van der Waals surface area contributed by atoms with E-state index in [1.54, 1.807) is 0 Å². The lowest BCUT2D eigenvalue weighted by atomic mass is 9.99. The van der Waals surface area contributed by atoms with Crippen molar-refractivity contribution >= 4 is 17.9 Å². The van der Waals surface area contributed by atoms with Gasteiger partial charge < -0.3 is 54.0 Å². The van der Waals surface area contributed by atoms with Crippen molar-refractivity contribution < 1.29 is 68.3 Å². The summed E-state index contributed by atoms with van der Waals surface area (Å²) in [6.45, 7) is 5.10. The van der Waals surface area contributed by atoms with Crippen molar-refractivity contribution in [3.8, 4) is 0 Å². The van der Waals surface area contributed by atoms with Gasteiger partial charge in [0.05, 0.1) is 0 Å². The van der Waals surface area contributed by atoms with Crippen molar-refractivity contribution in [2.45, 2.75) is 384 Å². The highest BCUT2D eigenvalue weighted by atomic mass is 16.8. The predicted octanol–water partition coefficient (Wildman–Crippen LogP) is 15.0. The van der Waals surface area contributed by atoms with Gasteiger partial charge in [0.1, 0.15) is 62.5 Å². The van der Waals surface area contributed by atoms with Gasteiger partial charge in [-0.25, -0.2) is 0 Å². The number of carbonyl (C=O) groups is 3. The Balaban J connectivity index is 1.87. The van der Waals surface area contributed by atoms with E-state index in [2.05, 4.69) is 20.8 Å². The lowest BCUT2D eigenvalue weighted by molar-refractivity contribution is -0.383. The summed E-state index contributed by atoms with van der Waals surface area (Å²) in [5, 5.41) is 55.9. The molecule has 0 amide bonds. The second kappa shape index (κ2) is 50.4. The lowest BCUT2D eigenvalue weighted by Gasteiger charge is -2.43. The topological polar surface area (TPSA) is 208 Å². The van der Waals surface area contributed by atoms with Crippen LogP contribution in [0.2, 0.25) is 0 Å². The quantitative estimate of drug-likeness (QED) is 0.0218. The third-order valence-corrected chi connectivity index (χ3v) is 16.7. The van der Waals surface area contributed by atoms with Crippen LogP contribution in [0.5, 0.6) is 0 Å². The Kier molecular flexibility index (Phi) is 46.8. The van der Waals surface area contributed by atoms with Crippen LogP contribution in [0.1, 0.15) is 329 Å². The maximum atomic E-state index is 13.2. The van der Waals surface area contributed by atoms with Gasteiger partial charge >= 0.3 is 17.9 Å². The third-order valence-electron chi connectivity index (χ3n) is 16.7. The fourth-order valence-corrected chi connectivity index (χ4v) is 11.3. The highest BCUT2D eigenvalue weighted by Gasteiger charge is 2.60. The zero-order chi connectivity index (χ0) is 58.2. The number of esters is 3. The summed E-state index contributed by atoms with van der Waals surface area (Å²) >= 11 is 0. The molecule has 2 rings (SSSR count). The van der Waals surface area contributed by atoms with Crippen molar-refractivity contribution in [2.75, 3.05) is 19.8 Å². The summed E-state index contributed by atoms with van der Waals surface area (Å²) < 4.78 is 34.7. The molecule has 0 bridgehead atoms. The molecule has 5 N–H and O–H groups in total. The number of hydrogen-bond acceptors (Lipinski definition) is 14. The molecular weight excluding hydrogens is 1020 g/mol. The van der Waals surface area contributed by atoms with E-state index in [0.717, 1.165) is 64.2 Å². The average Bonchev–Trinajstić information content (AvgIpc) is 3.78. The zero-order valence-corrected chi connectivity index (χ0v) is 51.6. The zero-order valence-electron chi connectivity index (χ0n) is 51.6. The van der Waals surface area contributed by atoms with Gasteiger partial charge in [-0.05, 0) is 19.3 Å². The average molecular weight is 1140 g/mol. The monoisotopic (exact) mass is 1140 g/mol. The first-order valence-corrected chi connectivity index (χ1v) is 33.9. The normalized spacial score (nSPS) is 22.9. The van der Waals surface area contributed by atoms with Crippen LogP contribution in [0.25, 0.3) is 0 Å². The van der Waals surface area contributed by atoms with E-state index in [-0.39, 0.29) is 19.3 Å². The molecule has 14 nitrogen and oxygen atoms in total. The molecule has 0 aromatic rings. The van der Waals surface area contributed by atoms with Crippen LogP contribution in [-0.2, 0) is 42.8 Å². The van der Waals surface area contributed by atoms with Gasteiger partial charge in [0.25, 0.3) is 0 Å². The molecule has 472 valence electrons. The molecule has 2 aliphatic rings. The largest absolute Gasteiger partial charge is 0.463 e. The van der Waals surface area contributed by atoms with Gasteiger partial charge in [0.2, 0.25) is 5.79 Å². The Hall–Kier alpha value is -1.91. The Morgan fingerprint density at radius 1 is 0.338 bits per heavy atom. The van der Waals surface area contributed by atoms with Crippen molar-refractivity contribution in [3.05, 3.63) is 0 Å². The standard InChI is InChI=1S/C66H124O14/c1-4-7-10-13-16-19-22-25-28-31-34-37-40-43-46-49-57(67)75-52-55-60(70)62(72)63(73)65(78-55)80-66(54-77-59(69)51-48-45-42-39-36-33-30-27-24-21-18-15-12-9-6-3)64(74)61(71)56(79-66)53-76-58(68)50-47-44-41-38-35-32-29-26-23-20-17-14-11-8-5-2/h55-56,60-65,70-74H,4-54H2,1-3H3/t55-,56-,60-,61-,62+,63-,64+,65-,66+/m1/s1. The smallest absolute Gasteiger partial charge is 0.305 e. The highest BCUT2D eigenvalue weighted by molar-refractivity contribution is 5.70. The number of hydrogen-bond donors (Lipinski definition) is 5. The lowest BCUT2D eigenvalue weighted by Crippen LogP contribution is -2.63. The van der Waals surface area contributed by atoms with Gasteiger partial charge in [-0.3, -0.25) is 14.4 Å². The van der Waals surface area contributed by atoms with Gasteiger partial charge in [-0.15, -0.1) is 0 Å². The molecule has 0 aromatic carbocycles. The van der Waals surface area contributed by atoms with E-state index in [4.69, 9.17) is 28.4 Å². The molecule has 0 spiro atoms. The van der Waals surface area contributed by atoms with Crippen LogP contribution >= 0.6 is 0 Å². The molecular formula is C66H124O14. The molecule has 0 radical (unpaired) electrons. The number of aliphatic hydroxyl groups is 5. The molecule has 2 fully saturated rings. The Bertz CT molecular complexity index is 1450. The minimum Gasteiger partial charge on any atom is -0.463 e. The van der Waals surface area contributed by atoms with Crippen molar-refractivity contribution in [1.29, 1.82) is 0 Å². The second-order valence-corrected chi connectivity index (χ2v) is 24.2. The number of ether oxygens (including phenoxy) is 6. The summed E-state index contributed by atoms with van der Waals surface area (Å²) in [5.41, 5.74) is 0. The van der Waals surface area contributed by atoms with Gasteiger partial charge in [0.15, 0.2) is 6.29 Å². The minimum absolute atomic E-state index is 0.0909. The number of aliphatic hydroxyl groups excluding tert-OH is 5. The molecule has 2 saturated heterocycles.